The first-order chi connectivity index (χ1) is 7.85. The third kappa shape index (κ3) is 3.09. The summed E-state index contributed by atoms with van der Waals surface area (Å²) >= 11 is 0. The Hall–Kier alpha value is -0.830. The third-order valence-corrected chi connectivity index (χ3v) is 3.34. The molecular formula is C14H22O3. The van der Waals surface area contributed by atoms with Gasteiger partial charge in [-0.1, -0.05) is 12.2 Å². The summed E-state index contributed by atoms with van der Waals surface area (Å²) in [6.07, 6.45) is 6.46. The molecule has 1 fully saturated rings. The third-order valence-electron chi connectivity index (χ3n) is 3.34. The second-order valence-corrected chi connectivity index (χ2v) is 6.13. The maximum absolute atomic E-state index is 11.8. The number of esters is 1. The summed E-state index contributed by atoms with van der Waals surface area (Å²) in [4.78, 5) is 11.8. The van der Waals surface area contributed by atoms with E-state index in [0.717, 1.165) is 6.42 Å². The summed E-state index contributed by atoms with van der Waals surface area (Å²) in [5.74, 6) is 0.907. The minimum atomic E-state index is -0.466. The maximum atomic E-state index is 11.8. The van der Waals surface area contributed by atoms with Crippen LogP contribution in [0.2, 0.25) is 0 Å². The molecule has 17 heavy (non-hydrogen) atoms. The fourth-order valence-corrected chi connectivity index (χ4v) is 2.59. The summed E-state index contributed by atoms with van der Waals surface area (Å²) in [6.45, 7) is 7.40. The zero-order chi connectivity index (χ0) is 12.6. The molecule has 3 nitrogen and oxygen atoms in total. The Labute approximate surface area is 103 Å². The molecule has 0 heterocycles. The van der Waals surface area contributed by atoms with Crippen LogP contribution in [0.3, 0.4) is 0 Å². The van der Waals surface area contributed by atoms with E-state index in [1.54, 1.807) is 6.92 Å². The lowest BCUT2D eigenvalue weighted by Crippen LogP contribution is -2.35. The van der Waals surface area contributed by atoms with Gasteiger partial charge >= 0.3 is 5.97 Å². The summed E-state index contributed by atoms with van der Waals surface area (Å²) in [7, 11) is 0. The molecular weight excluding hydrogens is 216 g/mol. The Kier molecular flexibility index (Phi) is 3.30. The van der Waals surface area contributed by atoms with Gasteiger partial charge < -0.3 is 9.47 Å². The number of rotatable bonds is 3. The van der Waals surface area contributed by atoms with E-state index in [9.17, 15) is 4.79 Å². The van der Waals surface area contributed by atoms with Gasteiger partial charge in [-0.25, -0.2) is 4.79 Å². The molecule has 96 valence electrons. The van der Waals surface area contributed by atoms with Crippen LogP contribution < -0.4 is 0 Å². The molecule has 0 spiro atoms. The Morgan fingerprint density at radius 3 is 2.47 bits per heavy atom. The second kappa shape index (κ2) is 4.45. The SMILES string of the molecule is CC(OC1CC2C=CC1C2)C(=O)OC(C)(C)C. The van der Waals surface area contributed by atoms with Crippen molar-refractivity contribution in [2.75, 3.05) is 0 Å². The molecule has 0 N–H and O–H groups in total. The zero-order valence-corrected chi connectivity index (χ0v) is 11.1. The number of carbonyl (C=O) groups is 1. The highest BCUT2D eigenvalue weighted by Crippen LogP contribution is 2.41. The number of ether oxygens (including phenoxy) is 2. The predicted octanol–water partition coefficient (Wildman–Crippen LogP) is 2.70. The second-order valence-electron chi connectivity index (χ2n) is 6.13. The van der Waals surface area contributed by atoms with E-state index in [1.807, 2.05) is 20.8 Å². The van der Waals surface area contributed by atoms with E-state index in [0.29, 0.717) is 11.8 Å². The van der Waals surface area contributed by atoms with Crippen LogP contribution in [0.5, 0.6) is 0 Å². The van der Waals surface area contributed by atoms with Crippen molar-refractivity contribution in [2.45, 2.75) is 58.3 Å². The van der Waals surface area contributed by atoms with Gasteiger partial charge in [-0.05, 0) is 46.5 Å². The van der Waals surface area contributed by atoms with Crippen LogP contribution in [0, 0.1) is 11.8 Å². The molecule has 0 aliphatic heterocycles. The fourth-order valence-electron chi connectivity index (χ4n) is 2.59. The van der Waals surface area contributed by atoms with Crippen molar-refractivity contribution >= 4 is 5.97 Å². The van der Waals surface area contributed by atoms with Crippen LogP contribution in [0.25, 0.3) is 0 Å². The van der Waals surface area contributed by atoms with Crippen molar-refractivity contribution < 1.29 is 14.3 Å². The molecule has 2 aliphatic carbocycles. The molecule has 1 saturated carbocycles. The Morgan fingerprint density at radius 2 is 2.00 bits per heavy atom. The first-order valence-corrected chi connectivity index (χ1v) is 6.42. The van der Waals surface area contributed by atoms with E-state index in [-0.39, 0.29) is 12.1 Å². The summed E-state index contributed by atoms with van der Waals surface area (Å²) in [6, 6.07) is 0. The predicted molar refractivity (Wildman–Crippen MR) is 65.5 cm³/mol. The van der Waals surface area contributed by atoms with E-state index in [4.69, 9.17) is 9.47 Å². The lowest BCUT2D eigenvalue weighted by molar-refractivity contribution is -0.171. The van der Waals surface area contributed by atoms with Gasteiger partial charge in [0.2, 0.25) is 0 Å². The topological polar surface area (TPSA) is 35.5 Å². The van der Waals surface area contributed by atoms with Crippen LogP contribution in [0.15, 0.2) is 12.2 Å². The Balaban J connectivity index is 1.83. The molecule has 0 aromatic carbocycles. The largest absolute Gasteiger partial charge is 0.458 e. The van der Waals surface area contributed by atoms with Gasteiger partial charge in [0.05, 0.1) is 6.10 Å². The van der Waals surface area contributed by atoms with Gasteiger partial charge in [0.25, 0.3) is 0 Å². The normalized spacial score (nSPS) is 32.8. The number of allylic oxidation sites excluding steroid dienone is 1. The van der Waals surface area contributed by atoms with Gasteiger partial charge in [-0.2, -0.15) is 0 Å². The van der Waals surface area contributed by atoms with Gasteiger partial charge in [0.1, 0.15) is 5.60 Å². The minimum absolute atomic E-state index is 0.201. The number of hydrogen-bond acceptors (Lipinski definition) is 3. The van der Waals surface area contributed by atoms with Crippen LogP contribution >= 0.6 is 0 Å². The van der Waals surface area contributed by atoms with Crippen molar-refractivity contribution in [3.8, 4) is 0 Å². The Bertz CT molecular complexity index is 327. The molecule has 3 heteroatoms. The van der Waals surface area contributed by atoms with Crippen molar-refractivity contribution in [1.29, 1.82) is 0 Å². The molecule has 0 amide bonds. The smallest absolute Gasteiger partial charge is 0.335 e. The van der Waals surface area contributed by atoms with E-state index in [1.165, 1.54) is 6.42 Å². The van der Waals surface area contributed by atoms with Gasteiger partial charge in [-0.15, -0.1) is 0 Å². The summed E-state index contributed by atoms with van der Waals surface area (Å²) in [5.41, 5.74) is -0.441. The molecule has 2 rings (SSSR count). The Morgan fingerprint density at radius 1 is 1.29 bits per heavy atom. The molecule has 2 aliphatic rings. The average Bonchev–Trinajstić information content (AvgIpc) is 2.76. The van der Waals surface area contributed by atoms with Crippen molar-refractivity contribution in [3.05, 3.63) is 12.2 Å². The highest BCUT2D eigenvalue weighted by atomic mass is 16.6. The first kappa shape index (κ1) is 12.6. The van der Waals surface area contributed by atoms with Gasteiger partial charge in [-0.3, -0.25) is 0 Å². The highest BCUT2D eigenvalue weighted by molar-refractivity contribution is 5.74. The molecule has 0 saturated heterocycles. The minimum Gasteiger partial charge on any atom is -0.458 e. The standard InChI is InChI=1S/C14H22O3/c1-9(13(15)17-14(2,3)4)16-12-8-10-5-6-11(12)7-10/h5-6,9-12H,7-8H2,1-4H3. The number of carbonyl (C=O) groups excluding carboxylic acids is 1. The van der Waals surface area contributed by atoms with Crippen LogP contribution in [0.4, 0.5) is 0 Å². The lowest BCUT2D eigenvalue weighted by atomic mass is 10.0. The molecule has 2 bridgehead atoms. The quantitative estimate of drug-likeness (QED) is 0.560. The van der Waals surface area contributed by atoms with Crippen molar-refractivity contribution in [2.24, 2.45) is 11.8 Å². The molecule has 0 aromatic heterocycles. The van der Waals surface area contributed by atoms with Gasteiger partial charge in [0.15, 0.2) is 6.10 Å². The maximum Gasteiger partial charge on any atom is 0.335 e. The number of fused-ring (bicyclic) bond motifs is 2. The highest BCUT2D eigenvalue weighted by Gasteiger charge is 2.38. The fraction of sp³-hybridized carbons (Fsp3) is 0.786. The number of hydrogen-bond donors (Lipinski definition) is 0. The van der Waals surface area contributed by atoms with Gasteiger partial charge in [0, 0.05) is 5.92 Å². The summed E-state index contributed by atoms with van der Waals surface area (Å²) < 4.78 is 11.1. The van der Waals surface area contributed by atoms with Crippen LogP contribution in [-0.4, -0.2) is 23.8 Å². The van der Waals surface area contributed by atoms with E-state index in [2.05, 4.69) is 12.2 Å². The lowest BCUT2D eigenvalue weighted by Gasteiger charge is -2.26. The monoisotopic (exact) mass is 238 g/mol. The van der Waals surface area contributed by atoms with E-state index < -0.39 is 11.7 Å². The summed E-state index contributed by atoms with van der Waals surface area (Å²) in [5, 5.41) is 0. The van der Waals surface area contributed by atoms with Crippen molar-refractivity contribution in [3.63, 3.8) is 0 Å². The average molecular weight is 238 g/mol. The zero-order valence-electron chi connectivity index (χ0n) is 11.1. The van der Waals surface area contributed by atoms with Crippen LogP contribution in [0.1, 0.15) is 40.5 Å². The molecule has 4 unspecified atom stereocenters. The molecule has 4 atom stereocenters. The molecule has 0 radical (unpaired) electrons. The van der Waals surface area contributed by atoms with Crippen LogP contribution in [-0.2, 0) is 14.3 Å². The molecule has 0 aromatic rings. The first-order valence-electron chi connectivity index (χ1n) is 6.42. The van der Waals surface area contributed by atoms with Crippen molar-refractivity contribution in [1.82, 2.24) is 0 Å². The van der Waals surface area contributed by atoms with E-state index >= 15 is 0 Å².